The van der Waals surface area contributed by atoms with E-state index in [4.69, 9.17) is 95.1 Å². The highest BCUT2D eigenvalue weighted by molar-refractivity contribution is 6.40. The van der Waals surface area contributed by atoms with Gasteiger partial charge >= 0.3 is 17.9 Å². The van der Waals surface area contributed by atoms with Crippen LogP contribution in [0.4, 0.5) is 13.2 Å². The zero-order chi connectivity index (χ0) is 85.6. The van der Waals surface area contributed by atoms with Crippen LogP contribution in [0.25, 0.3) is 84.4 Å². The molecule has 0 unspecified atom stereocenters. The Labute approximate surface area is 715 Å². The van der Waals surface area contributed by atoms with Crippen molar-refractivity contribution in [3.8, 4) is 0 Å². The average Bonchev–Trinajstić information content (AvgIpc) is 1.62. The molecule has 0 radical (unpaired) electrons. The number of benzene rings is 9. The van der Waals surface area contributed by atoms with Gasteiger partial charge in [0.25, 0.3) is 0 Å². The van der Waals surface area contributed by atoms with Crippen molar-refractivity contribution in [1.82, 2.24) is 20.3 Å². The monoisotopic (exact) mass is 1720 g/mol. The van der Waals surface area contributed by atoms with Crippen LogP contribution in [0.1, 0.15) is 134 Å². The number of aliphatic hydroxyl groups is 2. The Morgan fingerprint density at radius 1 is 0.432 bits per heavy atom. The lowest BCUT2D eigenvalue weighted by Crippen LogP contribution is -2.89. The minimum Gasteiger partial charge on any atom is -0.478 e. The molecule has 0 amide bonds. The van der Waals surface area contributed by atoms with E-state index in [0.29, 0.717) is 55.8 Å². The SMILES string of the molecule is C1C[NH2+]CCN1.CC/C(=C(/c1ccc(/C=C/C(=O)O)cc1)c1[nH]c2ccccc2c1Cl)c1ccc(F)cc1Cl.CC/C(=C(/c1ccc(/C=C/C(=O)O)cc1)c1[nH]c2ccccc2c1Cl)c1ccc(F)cc1Cl.CC/C(=C(/c1ccc(/C=C/C(=O)O)cc1)c1[nH]c2ccccc2c1Cl)c1ccc(F)cc1Cl.CCC([NH3+])(CO)CO.CC[NH2+]CC. The second-order valence-electron chi connectivity index (χ2n) is 27.3. The number of nitrogens with one attached hydrogen (secondary N) is 4. The van der Waals surface area contributed by atoms with Crippen molar-refractivity contribution in [2.45, 2.75) is 72.8 Å². The summed E-state index contributed by atoms with van der Waals surface area (Å²) in [5.74, 6) is -4.24. The second kappa shape index (κ2) is 46.2. The smallest absolute Gasteiger partial charge is 0.328 e. The molecule has 24 heteroatoms. The molecule has 616 valence electrons. The number of halogens is 9. The molecule has 1 aliphatic heterocycles. The summed E-state index contributed by atoms with van der Waals surface area (Å²) in [6, 6.07) is 58.9. The van der Waals surface area contributed by atoms with Gasteiger partial charge in [-0.3, -0.25) is 0 Å². The summed E-state index contributed by atoms with van der Waals surface area (Å²) in [5, 5.41) is 57.0. The molecule has 118 heavy (non-hydrogen) atoms. The molecule has 0 bridgehead atoms. The van der Waals surface area contributed by atoms with Gasteiger partial charge in [0.1, 0.15) is 36.2 Å². The molecule has 1 aliphatic rings. The maximum atomic E-state index is 13.8. The molecule has 0 atom stereocenters. The lowest BCUT2D eigenvalue weighted by atomic mass is 9.90. The maximum Gasteiger partial charge on any atom is 0.328 e. The van der Waals surface area contributed by atoms with Crippen LogP contribution >= 0.6 is 69.6 Å². The number of fused-ring (bicyclic) bond motifs is 3. The van der Waals surface area contributed by atoms with Crippen molar-refractivity contribution in [2.75, 3.05) is 52.5 Å². The fourth-order valence-corrected chi connectivity index (χ4v) is 14.7. The minimum absolute atomic E-state index is 0.0417. The van der Waals surface area contributed by atoms with Crippen molar-refractivity contribution in [3.63, 3.8) is 0 Å². The van der Waals surface area contributed by atoms with E-state index in [2.05, 4.69) is 50.5 Å². The normalized spacial score (nSPS) is 12.8. The second-order valence-corrected chi connectivity index (χ2v) is 29.7. The topological polar surface area (TPSA) is 273 Å². The fourth-order valence-electron chi connectivity index (χ4n) is 13.0. The number of hydrogen-bond acceptors (Lipinski definition) is 6. The number of aromatic amines is 3. The van der Waals surface area contributed by atoms with E-state index in [0.717, 1.165) is 152 Å². The number of carbonyl (C=O) groups is 3. The summed E-state index contributed by atoms with van der Waals surface area (Å²) in [5.41, 5.74) is 20.3. The van der Waals surface area contributed by atoms with Crippen LogP contribution in [0.3, 0.4) is 0 Å². The summed E-state index contributed by atoms with van der Waals surface area (Å²) < 4.78 is 41.3. The van der Waals surface area contributed by atoms with Gasteiger partial charge in [-0.25, -0.2) is 27.6 Å². The van der Waals surface area contributed by atoms with E-state index in [1.54, 1.807) is 18.2 Å². The Kier molecular flexibility index (Phi) is 36.5. The van der Waals surface area contributed by atoms with E-state index in [1.165, 1.54) is 93.9 Å². The molecule has 0 spiro atoms. The maximum absolute atomic E-state index is 13.8. The molecule has 0 saturated carbocycles. The first kappa shape index (κ1) is 93.2. The van der Waals surface area contributed by atoms with E-state index < -0.39 is 40.9 Å². The zero-order valence-corrected chi connectivity index (χ0v) is 70.8. The standard InChI is InChI=1S/3C27H20Cl2FNO2.C5H13NO2.C4H10N2.C4H11N/c3*1-2-19(20-13-12-18(30)15-22(20)28)25(17-10-7-16(8-11-17)9-14-24(32)33)27-26(29)21-5-3-4-6-23(21)31-27;1-2-5(6,3-7)4-8;1-2-6-4-3-5-1;1-3-5-4-2/h3*3-15,31H,2H2,1H3,(H,32,33);7-8H,2-4,6H2,1H3;5-6H,1-4H2;5H,3-4H2,1-2H3/p+3/b3*14-9+,25-19+;;;. The number of carboxylic acid groups (broad SMARTS) is 3. The fraction of sp³-hybridized carbons (Fsp3) is 0.202. The minimum atomic E-state index is -1.01. The van der Waals surface area contributed by atoms with Crippen LogP contribution in [-0.2, 0) is 14.4 Å². The summed E-state index contributed by atoms with van der Waals surface area (Å²) in [7, 11) is 0. The van der Waals surface area contributed by atoms with Crippen LogP contribution in [0.15, 0.2) is 218 Å². The molecule has 3 aromatic heterocycles. The van der Waals surface area contributed by atoms with Crippen molar-refractivity contribution in [3.05, 3.63) is 333 Å². The molecular weight excluding hydrogens is 1620 g/mol. The van der Waals surface area contributed by atoms with Gasteiger partial charge in [-0.05, 0) is 173 Å². The Balaban J connectivity index is 0.000000198. The number of nitrogens with two attached hydrogens (primary N) is 2. The number of H-pyrrole nitrogens is 3. The highest BCUT2D eigenvalue weighted by Crippen LogP contribution is 2.46. The highest BCUT2D eigenvalue weighted by atomic mass is 35.5. The van der Waals surface area contributed by atoms with Crippen molar-refractivity contribution >= 4 is 172 Å². The molecule has 1 fully saturated rings. The van der Waals surface area contributed by atoms with Gasteiger partial charge in [-0.15, -0.1) is 0 Å². The van der Waals surface area contributed by atoms with Gasteiger partial charge < -0.3 is 62.2 Å². The van der Waals surface area contributed by atoms with E-state index >= 15 is 0 Å². The summed E-state index contributed by atoms with van der Waals surface area (Å²) in [6.07, 6.45) is 10.4. The van der Waals surface area contributed by atoms with Crippen LogP contribution < -0.4 is 21.7 Å². The Morgan fingerprint density at radius 3 is 0.898 bits per heavy atom. The van der Waals surface area contributed by atoms with E-state index in [-0.39, 0.29) is 13.2 Å². The molecule has 16 N–H and O–H groups in total. The van der Waals surface area contributed by atoms with Gasteiger partial charge in [0, 0.05) is 87.2 Å². The molecular formula is C94H97Cl6F3N7O8+3. The third kappa shape index (κ3) is 25.4. The largest absolute Gasteiger partial charge is 0.478 e. The van der Waals surface area contributed by atoms with Crippen LogP contribution in [0, 0.1) is 17.5 Å². The number of aliphatic carboxylic acids is 3. The van der Waals surface area contributed by atoms with Crippen LogP contribution in [0.2, 0.25) is 30.1 Å². The molecule has 12 aromatic rings. The molecule has 9 aromatic carbocycles. The van der Waals surface area contributed by atoms with Gasteiger partial charge in [-0.2, -0.15) is 0 Å². The predicted molar refractivity (Wildman–Crippen MR) is 480 cm³/mol. The van der Waals surface area contributed by atoms with Crippen molar-refractivity contribution in [2.24, 2.45) is 0 Å². The lowest BCUT2D eigenvalue weighted by Gasteiger charge is -2.17. The van der Waals surface area contributed by atoms with E-state index in [1.807, 2.05) is 173 Å². The first-order valence-corrected chi connectivity index (χ1v) is 40.8. The Morgan fingerprint density at radius 2 is 0.712 bits per heavy atom. The van der Waals surface area contributed by atoms with E-state index in [9.17, 15) is 27.6 Å². The number of piperazine rings is 1. The lowest BCUT2D eigenvalue weighted by molar-refractivity contribution is -0.657. The number of para-hydroxylation sites is 3. The number of hydrogen-bond donors (Lipinski definition) is 12. The Bertz CT molecular complexity index is 5070. The van der Waals surface area contributed by atoms with Gasteiger partial charge in [-0.1, -0.05) is 243 Å². The predicted octanol–water partition coefficient (Wildman–Crippen LogP) is 20.3. The molecule has 15 nitrogen and oxygen atoms in total. The molecule has 4 heterocycles. The molecule has 1 saturated heterocycles. The van der Waals surface area contributed by atoms with Gasteiger partial charge in [0.2, 0.25) is 0 Å². The highest BCUT2D eigenvalue weighted by Gasteiger charge is 2.26. The van der Waals surface area contributed by atoms with Crippen LogP contribution in [0.5, 0.6) is 0 Å². The number of aromatic nitrogens is 3. The summed E-state index contributed by atoms with van der Waals surface area (Å²) >= 11 is 39.9. The van der Waals surface area contributed by atoms with Crippen molar-refractivity contribution < 1.29 is 69.5 Å². The van der Waals surface area contributed by atoms with Crippen LogP contribution in [-0.4, -0.2) is 116 Å². The Hall–Kier alpha value is -10.3. The first-order valence-electron chi connectivity index (χ1n) is 38.6. The summed E-state index contributed by atoms with van der Waals surface area (Å²) in [6.45, 7) is 19.5. The number of aliphatic hydroxyl groups excluding tert-OH is 2. The number of allylic oxidation sites excluding steroid dienone is 3. The third-order valence-corrected chi connectivity index (χ3v) is 21.4. The first-order chi connectivity index (χ1) is 56.7. The molecule has 13 rings (SSSR count). The summed E-state index contributed by atoms with van der Waals surface area (Å²) in [4.78, 5) is 42.8. The number of carboxylic acids is 3. The van der Waals surface area contributed by atoms with Gasteiger partial charge in [0.15, 0.2) is 0 Å². The average molecular weight is 1720 g/mol. The quantitative estimate of drug-likeness (QED) is 0.0214. The molecule has 0 aliphatic carbocycles. The zero-order valence-electron chi connectivity index (χ0n) is 66.2. The number of rotatable bonds is 23. The van der Waals surface area contributed by atoms with Crippen molar-refractivity contribution in [1.29, 1.82) is 0 Å². The number of quaternary nitrogens is 3. The van der Waals surface area contributed by atoms with Gasteiger partial charge in [0.05, 0.1) is 73.4 Å². The third-order valence-electron chi connectivity index (χ3n) is 19.3.